The number of likely N-dealkylation sites (N-methyl/N-ethyl adjacent to an activating group) is 1. The van der Waals surface area contributed by atoms with E-state index in [4.69, 9.17) is 0 Å². The maximum atomic E-state index is 13.4. The quantitative estimate of drug-likeness (QED) is 0.756. The van der Waals surface area contributed by atoms with E-state index in [1.54, 1.807) is 11.8 Å². The summed E-state index contributed by atoms with van der Waals surface area (Å²) in [6.45, 7) is 1.69. The smallest absolute Gasteiger partial charge is 0.240 e. The van der Waals surface area contributed by atoms with E-state index in [0.717, 1.165) is 30.0 Å². The Kier molecular flexibility index (Phi) is 6.16. The van der Waals surface area contributed by atoms with Crippen molar-refractivity contribution in [3.05, 3.63) is 66.2 Å². The molecule has 1 saturated heterocycles. The van der Waals surface area contributed by atoms with Crippen LogP contribution in [0.2, 0.25) is 0 Å². The Hall–Kier alpha value is -1.78. The lowest BCUT2D eigenvalue weighted by molar-refractivity contribution is -0.132. The maximum absolute atomic E-state index is 13.4. The summed E-state index contributed by atoms with van der Waals surface area (Å²) in [5.41, 5.74) is 1.08. The van der Waals surface area contributed by atoms with Gasteiger partial charge in [0, 0.05) is 24.0 Å². The number of nitrogens with zero attached hydrogens (tertiary/aromatic N) is 2. The van der Waals surface area contributed by atoms with Crippen LogP contribution in [0.15, 0.2) is 65.6 Å². The van der Waals surface area contributed by atoms with Crippen molar-refractivity contribution >= 4 is 17.7 Å². The molecule has 0 saturated carbocycles. The van der Waals surface area contributed by atoms with E-state index < -0.39 is 0 Å². The number of likely N-dealkylation sites (tertiary alicyclic amines) is 1. The van der Waals surface area contributed by atoms with Crippen LogP contribution >= 0.6 is 11.8 Å². The van der Waals surface area contributed by atoms with Crippen molar-refractivity contribution in [3.8, 4) is 0 Å². The largest absolute Gasteiger partial charge is 0.340 e. The van der Waals surface area contributed by atoms with Gasteiger partial charge >= 0.3 is 0 Å². The molecule has 0 aliphatic carbocycles. The Morgan fingerprint density at radius 3 is 2.36 bits per heavy atom. The summed E-state index contributed by atoms with van der Waals surface area (Å²) in [6, 6.07) is 20.8. The summed E-state index contributed by atoms with van der Waals surface area (Å²) in [6.07, 6.45) is 2.24. The van der Waals surface area contributed by atoms with Crippen LogP contribution < -0.4 is 0 Å². The minimum atomic E-state index is -0.190. The first-order valence-corrected chi connectivity index (χ1v) is 9.75. The molecule has 25 heavy (non-hydrogen) atoms. The summed E-state index contributed by atoms with van der Waals surface area (Å²) >= 11 is 1.65. The molecular weight excluding hydrogens is 328 g/mol. The first-order chi connectivity index (χ1) is 12.1. The summed E-state index contributed by atoms with van der Waals surface area (Å²) in [4.78, 5) is 18.8. The van der Waals surface area contributed by atoms with Crippen LogP contribution in [-0.4, -0.2) is 48.9 Å². The van der Waals surface area contributed by atoms with E-state index in [1.165, 1.54) is 6.42 Å². The van der Waals surface area contributed by atoms with Crippen LogP contribution in [0.3, 0.4) is 0 Å². The maximum Gasteiger partial charge on any atom is 0.240 e. The van der Waals surface area contributed by atoms with E-state index in [2.05, 4.69) is 48.2 Å². The second kappa shape index (κ2) is 8.54. The number of rotatable bonds is 5. The SMILES string of the molecule is CN(C)C1CCCN(C(=O)C(Sc2ccccc2)c2ccccc2)C1. The highest BCUT2D eigenvalue weighted by Crippen LogP contribution is 2.37. The summed E-state index contributed by atoms with van der Waals surface area (Å²) in [5.74, 6) is 0.228. The van der Waals surface area contributed by atoms with Crippen LogP contribution in [0.4, 0.5) is 0 Å². The second-order valence-electron chi connectivity index (χ2n) is 6.77. The lowest BCUT2D eigenvalue weighted by Crippen LogP contribution is -2.48. The molecule has 2 unspecified atom stereocenters. The Morgan fingerprint density at radius 2 is 1.72 bits per heavy atom. The third-order valence-electron chi connectivity index (χ3n) is 4.76. The number of carbonyl (C=O) groups is 1. The van der Waals surface area contributed by atoms with Gasteiger partial charge < -0.3 is 9.80 Å². The molecular formula is C21H26N2OS. The standard InChI is InChI=1S/C21H26N2OS/c1-22(2)18-12-9-15-23(16-18)21(24)20(17-10-5-3-6-11-17)25-19-13-7-4-8-14-19/h3-8,10-11,13-14,18,20H,9,12,15-16H2,1-2H3. The number of benzene rings is 2. The highest BCUT2D eigenvalue weighted by atomic mass is 32.2. The fourth-order valence-corrected chi connectivity index (χ4v) is 4.40. The monoisotopic (exact) mass is 354 g/mol. The first kappa shape index (κ1) is 18.0. The molecule has 1 fully saturated rings. The molecule has 3 rings (SSSR count). The average molecular weight is 355 g/mol. The molecule has 1 aliphatic rings. The van der Waals surface area contributed by atoms with Crippen LogP contribution in [0.5, 0.6) is 0 Å². The van der Waals surface area contributed by atoms with Gasteiger partial charge in [-0.3, -0.25) is 4.79 Å². The number of thioether (sulfide) groups is 1. The Balaban J connectivity index is 1.82. The molecule has 0 spiro atoms. The Labute approximate surface area is 155 Å². The predicted octanol–water partition coefficient (Wildman–Crippen LogP) is 4.07. The topological polar surface area (TPSA) is 23.6 Å². The molecule has 2 atom stereocenters. The molecule has 2 aromatic carbocycles. The third kappa shape index (κ3) is 4.65. The zero-order chi connectivity index (χ0) is 17.6. The van der Waals surface area contributed by atoms with Crippen LogP contribution in [0.25, 0.3) is 0 Å². The molecule has 3 nitrogen and oxygen atoms in total. The van der Waals surface area contributed by atoms with Gasteiger partial charge in [-0.15, -0.1) is 11.8 Å². The minimum Gasteiger partial charge on any atom is -0.340 e. The number of piperidine rings is 1. The number of hydrogen-bond acceptors (Lipinski definition) is 3. The van der Waals surface area contributed by atoms with Crippen molar-refractivity contribution in [1.82, 2.24) is 9.80 Å². The van der Waals surface area contributed by atoms with Crippen molar-refractivity contribution in [2.24, 2.45) is 0 Å². The number of carbonyl (C=O) groups excluding carboxylic acids is 1. The van der Waals surface area contributed by atoms with Gasteiger partial charge in [0.1, 0.15) is 5.25 Å². The molecule has 0 radical (unpaired) electrons. The fourth-order valence-electron chi connectivity index (χ4n) is 3.27. The lowest BCUT2D eigenvalue weighted by Gasteiger charge is -2.37. The van der Waals surface area contributed by atoms with E-state index >= 15 is 0 Å². The predicted molar refractivity (Wildman–Crippen MR) is 105 cm³/mol. The van der Waals surface area contributed by atoms with Gasteiger partial charge in [0.15, 0.2) is 0 Å². The number of hydrogen-bond donors (Lipinski definition) is 0. The minimum absolute atomic E-state index is 0.190. The Bertz CT molecular complexity index is 675. The number of amides is 1. The van der Waals surface area contributed by atoms with Gasteiger partial charge in [0.05, 0.1) is 0 Å². The van der Waals surface area contributed by atoms with E-state index in [9.17, 15) is 4.79 Å². The third-order valence-corrected chi connectivity index (χ3v) is 6.02. The Morgan fingerprint density at radius 1 is 1.08 bits per heavy atom. The zero-order valence-electron chi connectivity index (χ0n) is 15.0. The fraction of sp³-hybridized carbons (Fsp3) is 0.381. The zero-order valence-corrected chi connectivity index (χ0v) is 15.8. The highest BCUT2D eigenvalue weighted by Gasteiger charge is 2.31. The van der Waals surface area contributed by atoms with Gasteiger partial charge in [0.25, 0.3) is 0 Å². The highest BCUT2D eigenvalue weighted by molar-refractivity contribution is 8.00. The molecule has 1 heterocycles. The van der Waals surface area contributed by atoms with Gasteiger partial charge in [-0.1, -0.05) is 48.5 Å². The molecule has 132 valence electrons. The summed E-state index contributed by atoms with van der Waals surface area (Å²) in [7, 11) is 4.21. The van der Waals surface area contributed by atoms with Crippen LogP contribution in [0.1, 0.15) is 23.7 Å². The van der Waals surface area contributed by atoms with E-state index in [0.29, 0.717) is 6.04 Å². The second-order valence-corrected chi connectivity index (χ2v) is 7.94. The van der Waals surface area contributed by atoms with Crippen LogP contribution in [0, 0.1) is 0 Å². The van der Waals surface area contributed by atoms with Crippen molar-refractivity contribution in [2.75, 3.05) is 27.2 Å². The first-order valence-electron chi connectivity index (χ1n) is 8.87. The molecule has 1 amide bonds. The van der Waals surface area contributed by atoms with Gasteiger partial charge in [0.2, 0.25) is 5.91 Å². The van der Waals surface area contributed by atoms with Crippen molar-refractivity contribution in [2.45, 2.75) is 29.0 Å². The van der Waals surface area contributed by atoms with Crippen molar-refractivity contribution in [3.63, 3.8) is 0 Å². The molecule has 0 bridgehead atoms. The van der Waals surface area contributed by atoms with Crippen LogP contribution in [-0.2, 0) is 4.79 Å². The molecule has 0 N–H and O–H groups in total. The lowest BCUT2D eigenvalue weighted by atomic mass is 10.0. The van der Waals surface area contributed by atoms with E-state index in [1.807, 2.05) is 36.4 Å². The van der Waals surface area contributed by atoms with E-state index in [-0.39, 0.29) is 11.2 Å². The van der Waals surface area contributed by atoms with Gasteiger partial charge in [-0.05, 0) is 44.6 Å². The molecule has 2 aromatic rings. The van der Waals surface area contributed by atoms with Crippen molar-refractivity contribution in [1.29, 1.82) is 0 Å². The van der Waals surface area contributed by atoms with Gasteiger partial charge in [-0.25, -0.2) is 0 Å². The normalized spacial score (nSPS) is 19.0. The van der Waals surface area contributed by atoms with Crippen molar-refractivity contribution < 1.29 is 4.79 Å². The van der Waals surface area contributed by atoms with Gasteiger partial charge in [-0.2, -0.15) is 0 Å². The molecule has 0 aromatic heterocycles. The average Bonchev–Trinajstić information content (AvgIpc) is 2.67. The summed E-state index contributed by atoms with van der Waals surface area (Å²) < 4.78 is 0. The molecule has 4 heteroatoms. The summed E-state index contributed by atoms with van der Waals surface area (Å²) in [5, 5.41) is -0.190. The molecule has 1 aliphatic heterocycles.